The molecule has 18 heavy (non-hydrogen) atoms. The molecule has 2 N–H and O–H groups in total. The summed E-state index contributed by atoms with van der Waals surface area (Å²) in [5.74, 6) is 0.556. The van der Waals surface area contributed by atoms with Crippen LogP contribution in [0.1, 0.15) is 19.8 Å². The fraction of sp³-hybridized carbons (Fsp3) is 0.538. The van der Waals surface area contributed by atoms with Gasteiger partial charge in [0.15, 0.2) is 0 Å². The van der Waals surface area contributed by atoms with Gasteiger partial charge in [-0.1, -0.05) is 0 Å². The topological polar surface area (TPSA) is 65.2 Å². The number of hydrogen-bond acceptors (Lipinski definition) is 5. The molecule has 1 heterocycles. The molecule has 1 aliphatic rings. The van der Waals surface area contributed by atoms with E-state index in [4.69, 9.17) is 10.5 Å². The number of nitrogens with two attached hydrogens (primary N) is 1. The van der Waals surface area contributed by atoms with Crippen molar-refractivity contribution in [1.82, 2.24) is 4.98 Å². The summed E-state index contributed by atoms with van der Waals surface area (Å²) in [7, 11) is 0. The molecule has 1 aromatic heterocycles. The van der Waals surface area contributed by atoms with E-state index in [2.05, 4.69) is 4.98 Å². The molecule has 1 unspecified atom stereocenters. The van der Waals surface area contributed by atoms with Crippen LogP contribution in [0.25, 0.3) is 0 Å². The molecule has 1 aliphatic carbocycles. The Bertz CT molecular complexity index is 409. The smallest absolute Gasteiger partial charge is 0.327 e. The van der Waals surface area contributed by atoms with Crippen molar-refractivity contribution in [2.45, 2.75) is 30.2 Å². The maximum Gasteiger partial charge on any atom is 0.327 e. The van der Waals surface area contributed by atoms with Crippen LogP contribution in [0.2, 0.25) is 0 Å². The maximum absolute atomic E-state index is 12.0. The Balaban J connectivity index is 2.00. The number of carbonyl (C=O) groups is 1. The van der Waals surface area contributed by atoms with E-state index in [0.717, 1.165) is 17.7 Å². The first-order chi connectivity index (χ1) is 8.66. The molecular formula is C13H18N2O2S. The number of pyridine rings is 1. The fourth-order valence-electron chi connectivity index (χ4n) is 1.84. The normalized spacial score (nSPS) is 18.1. The standard InChI is InChI=1S/C13H18N2O2S/c1-2-17-12(16)13(14,10-3-4-10)9-18-11-5-7-15-8-6-11/h5-8,10H,2-4,9,14H2,1H3. The van der Waals surface area contributed by atoms with E-state index in [1.807, 2.05) is 12.1 Å². The van der Waals surface area contributed by atoms with Crippen LogP contribution in [0.3, 0.4) is 0 Å². The third-order valence-corrected chi connectivity index (χ3v) is 4.32. The number of carbonyl (C=O) groups excluding carboxylic acids is 1. The molecule has 4 nitrogen and oxygen atoms in total. The van der Waals surface area contributed by atoms with E-state index in [1.54, 1.807) is 31.1 Å². The highest BCUT2D eigenvalue weighted by Crippen LogP contribution is 2.41. The summed E-state index contributed by atoms with van der Waals surface area (Å²) in [6.07, 6.45) is 5.52. The summed E-state index contributed by atoms with van der Waals surface area (Å²) >= 11 is 1.58. The highest BCUT2D eigenvalue weighted by atomic mass is 32.2. The van der Waals surface area contributed by atoms with Crippen LogP contribution in [0.4, 0.5) is 0 Å². The summed E-state index contributed by atoms with van der Waals surface area (Å²) in [4.78, 5) is 17.0. The fourth-order valence-corrected chi connectivity index (χ4v) is 2.92. The first-order valence-corrected chi connectivity index (χ1v) is 7.14. The SMILES string of the molecule is CCOC(=O)C(N)(CSc1ccncc1)C1CC1. The van der Waals surface area contributed by atoms with Gasteiger partial charge in [-0.2, -0.15) is 0 Å². The molecule has 2 rings (SSSR count). The molecule has 1 saturated carbocycles. The predicted molar refractivity (Wildman–Crippen MR) is 71.2 cm³/mol. The van der Waals surface area contributed by atoms with Gasteiger partial charge >= 0.3 is 5.97 Å². The maximum atomic E-state index is 12.0. The lowest BCUT2D eigenvalue weighted by Crippen LogP contribution is -2.53. The monoisotopic (exact) mass is 266 g/mol. The van der Waals surface area contributed by atoms with Crippen molar-refractivity contribution >= 4 is 17.7 Å². The highest BCUT2D eigenvalue weighted by Gasteiger charge is 2.49. The van der Waals surface area contributed by atoms with Crippen LogP contribution in [0, 0.1) is 5.92 Å². The summed E-state index contributed by atoms with van der Waals surface area (Å²) < 4.78 is 5.11. The van der Waals surface area contributed by atoms with E-state index >= 15 is 0 Å². The number of thioether (sulfide) groups is 1. The van der Waals surface area contributed by atoms with Crippen molar-refractivity contribution < 1.29 is 9.53 Å². The Kier molecular flexibility index (Phi) is 4.24. The molecule has 1 aromatic rings. The largest absolute Gasteiger partial charge is 0.465 e. The van der Waals surface area contributed by atoms with E-state index in [-0.39, 0.29) is 11.9 Å². The lowest BCUT2D eigenvalue weighted by molar-refractivity contribution is -0.149. The molecule has 5 heteroatoms. The van der Waals surface area contributed by atoms with Crippen LogP contribution in [0.5, 0.6) is 0 Å². The van der Waals surface area contributed by atoms with Crippen molar-refractivity contribution in [3.63, 3.8) is 0 Å². The molecule has 0 aliphatic heterocycles. The summed E-state index contributed by atoms with van der Waals surface area (Å²) in [6.45, 7) is 2.19. The van der Waals surface area contributed by atoms with Gasteiger partial charge in [-0.05, 0) is 37.8 Å². The van der Waals surface area contributed by atoms with Gasteiger partial charge < -0.3 is 10.5 Å². The van der Waals surface area contributed by atoms with Crippen molar-refractivity contribution in [3.8, 4) is 0 Å². The van der Waals surface area contributed by atoms with E-state index in [0.29, 0.717) is 12.4 Å². The number of esters is 1. The van der Waals surface area contributed by atoms with Crippen LogP contribution < -0.4 is 5.73 Å². The van der Waals surface area contributed by atoms with Crippen molar-refractivity contribution in [3.05, 3.63) is 24.5 Å². The lowest BCUT2D eigenvalue weighted by Gasteiger charge is -2.26. The summed E-state index contributed by atoms with van der Waals surface area (Å²) in [5.41, 5.74) is 5.43. The second kappa shape index (κ2) is 5.71. The predicted octanol–water partition coefficient (Wildman–Crippen LogP) is 1.84. The number of rotatable bonds is 6. The van der Waals surface area contributed by atoms with Crippen molar-refractivity contribution in [1.29, 1.82) is 0 Å². The third-order valence-electron chi connectivity index (χ3n) is 3.09. The van der Waals surface area contributed by atoms with Crippen LogP contribution in [0.15, 0.2) is 29.4 Å². The van der Waals surface area contributed by atoms with E-state index in [1.165, 1.54) is 0 Å². The van der Waals surface area contributed by atoms with Gasteiger partial charge in [-0.3, -0.25) is 9.78 Å². The number of nitrogens with zero attached hydrogens (tertiary/aromatic N) is 1. The Hall–Kier alpha value is -1.07. The minimum atomic E-state index is -0.843. The molecule has 0 amide bonds. The van der Waals surface area contributed by atoms with Crippen LogP contribution in [-0.4, -0.2) is 28.9 Å². The first kappa shape index (κ1) is 13.4. The molecule has 1 fully saturated rings. The average molecular weight is 266 g/mol. The van der Waals surface area contributed by atoms with Gasteiger partial charge in [0.05, 0.1) is 6.61 Å². The zero-order chi connectivity index (χ0) is 13.0. The second-order valence-corrected chi connectivity index (χ2v) is 5.56. The molecule has 1 atom stereocenters. The third kappa shape index (κ3) is 3.03. The summed E-state index contributed by atoms with van der Waals surface area (Å²) in [5, 5.41) is 0. The molecule has 98 valence electrons. The first-order valence-electron chi connectivity index (χ1n) is 6.15. The number of ether oxygens (including phenoxy) is 1. The minimum Gasteiger partial charge on any atom is -0.465 e. The number of aromatic nitrogens is 1. The molecule has 0 aromatic carbocycles. The molecule has 0 saturated heterocycles. The Morgan fingerprint density at radius 1 is 1.56 bits per heavy atom. The Morgan fingerprint density at radius 2 is 2.22 bits per heavy atom. The second-order valence-electron chi connectivity index (χ2n) is 4.51. The van der Waals surface area contributed by atoms with Gasteiger partial charge in [0.1, 0.15) is 5.54 Å². The van der Waals surface area contributed by atoms with Crippen molar-refractivity contribution in [2.75, 3.05) is 12.4 Å². The van der Waals surface area contributed by atoms with Crippen LogP contribution in [-0.2, 0) is 9.53 Å². The Morgan fingerprint density at radius 3 is 2.78 bits per heavy atom. The van der Waals surface area contributed by atoms with Gasteiger partial charge in [-0.15, -0.1) is 11.8 Å². The Labute approximate surface area is 111 Å². The van der Waals surface area contributed by atoms with Gasteiger partial charge in [0.2, 0.25) is 0 Å². The quantitative estimate of drug-likeness (QED) is 0.628. The highest BCUT2D eigenvalue weighted by molar-refractivity contribution is 7.99. The average Bonchev–Trinajstić information content (AvgIpc) is 3.22. The van der Waals surface area contributed by atoms with E-state index in [9.17, 15) is 4.79 Å². The van der Waals surface area contributed by atoms with Gasteiger partial charge in [0.25, 0.3) is 0 Å². The lowest BCUT2D eigenvalue weighted by atomic mass is 9.97. The van der Waals surface area contributed by atoms with Crippen molar-refractivity contribution in [2.24, 2.45) is 11.7 Å². The molecule has 0 bridgehead atoms. The molecular weight excluding hydrogens is 248 g/mol. The molecule has 0 spiro atoms. The number of hydrogen-bond donors (Lipinski definition) is 1. The minimum absolute atomic E-state index is 0.269. The zero-order valence-electron chi connectivity index (χ0n) is 10.5. The zero-order valence-corrected chi connectivity index (χ0v) is 11.3. The summed E-state index contributed by atoms with van der Waals surface area (Å²) in [6, 6.07) is 3.84. The van der Waals surface area contributed by atoms with Crippen LogP contribution >= 0.6 is 11.8 Å². The van der Waals surface area contributed by atoms with Gasteiger partial charge in [0, 0.05) is 23.0 Å². The van der Waals surface area contributed by atoms with E-state index < -0.39 is 5.54 Å². The molecule has 0 radical (unpaired) electrons. The van der Waals surface area contributed by atoms with Gasteiger partial charge in [-0.25, -0.2) is 0 Å².